The minimum atomic E-state index is -3.65. The number of nitrogens with one attached hydrogen (secondary N) is 1. The molecule has 3 N–H and O–H groups in total. The standard InChI is InChI=1S/C24H30N4O5S2/c1-14-10-15(2)12-28(11-14)35(32,33)18-6-4-17(5-7-18)23(31)26-24-21(22(25)30)19-8-9-27(16(3)29)13-20(19)34-24/h4-7,14-15H,8-13H2,1-3H3,(H2,25,30)(H,26,31)/t14-,15-/m0/s1. The van der Waals surface area contributed by atoms with Gasteiger partial charge in [0.05, 0.1) is 17.0 Å². The third-order valence-corrected chi connectivity index (χ3v) is 9.54. The second-order valence-electron chi connectivity index (χ2n) is 9.51. The summed E-state index contributed by atoms with van der Waals surface area (Å²) in [7, 11) is -3.65. The molecule has 11 heteroatoms. The Kier molecular flexibility index (Phi) is 7.03. The number of thiophene rings is 1. The zero-order chi connectivity index (χ0) is 25.5. The molecule has 3 heterocycles. The van der Waals surface area contributed by atoms with Crippen LogP contribution in [-0.2, 0) is 27.8 Å². The van der Waals surface area contributed by atoms with Crippen molar-refractivity contribution in [2.24, 2.45) is 17.6 Å². The molecule has 0 radical (unpaired) electrons. The Morgan fingerprint density at radius 3 is 2.29 bits per heavy atom. The monoisotopic (exact) mass is 518 g/mol. The summed E-state index contributed by atoms with van der Waals surface area (Å²) in [5, 5.41) is 3.10. The molecule has 4 rings (SSSR count). The van der Waals surface area contributed by atoms with Gasteiger partial charge in [0, 0.05) is 37.0 Å². The van der Waals surface area contributed by atoms with Crippen LogP contribution in [0.15, 0.2) is 29.2 Å². The lowest BCUT2D eigenvalue weighted by Crippen LogP contribution is -2.42. The third kappa shape index (κ3) is 5.12. The molecule has 2 aromatic rings. The number of hydrogen-bond donors (Lipinski definition) is 2. The maximum Gasteiger partial charge on any atom is 0.256 e. The lowest BCUT2D eigenvalue weighted by atomic mass is 9.94. The van der Waals surface area contributed by atoms with Gasteiger partial charge in [-0.25, -0.2) is 8.42 Å². The SMILES string of the molecule is CC(=O)N1CCc2c(sc(NC(=O)c3ccc(S(=O)(=O)N4C[C@@H](C)C[C@H](C)C4)cc3)c2C(N)=O)C1. The maximum absolute atomic E-state index is 13.1. The first-order chi connectivity index (χ1) is 16.5. The first kappa shape index (κ1) is 25.3. The third-order valence-electron chi connectivity index (χ3n) is 6.57. The van der Waals surface area contributed by atoms with Gasteiger partial charge in [-0.3, -0.25) is 14.4 Å². The van der Waals surface area contributed by atoms with Crippen molar-refractivity contribution in [2.45, 2.75) is 45.1 Å². The number of piperidine rings is 1. The normalized spacial score (nSPS) is 20.8. The Labute approximate surface area is 209 Å². The molecule has 2 aliphatic rings. The van der Waals surface area contributed by atoms with Crippen molar-refractivity contribution in [3.05, 3.63) is 45.8 Å². The molecular formula is C24H30N4O5S2. The number of primary amides is 1. The molecule has 188 valence electrons. The van der Waals surface area contributed by atoms with Gasteiger partial charge in [0.25, 0.3) is 11.8 Å². The van der Waals surface area contributed by atoms with E-state index in [2.05, 4.69) is 5.32 Å². The first-order valence-corrected chi connectivity index (χ1v) is 13.8. The molecule has 0 unspecified atom stereocenters. The Hall–Kier alpha value is -2.76. The molecule has 2 aliphatic heterocycles. The highest BCUT2D eigenvalue weighted by Crippen LogP contribution is 2.37. The van der Waals surface area contributed by atoms with Crippen LogP contribution in [0.1, 0.15) is 58.3 Å². The van der Waals surface area contributed by atoms with Crippen LogP contribution < -0.4 is 11.1 Å². The number of nitrogens with two attached hydrogens (primary N) is 1. The van der Waals surface area contributed by atoms with E-state index in [0.29, 0.717) is 37.6 Å². The van der Waals surface area contributed by atoms with Crippen molar-refractivity contribution in [2.75, 3.05) is 25.0 Å². The summed E-state index contributed by atoms with van der Waals surface area (Å²) in [5.41, 5.74) is 6.91. The smallest absolute Gasteiger partial charge is 0.256 e. The van der Waals surface area contributed by atoms with E-state index in [4.69, 9.17) is 5.73 Å². The number of rotatable bonds is 5. The van der Waals surface area contributed by atoms with E-state index in [1.165, 1.54) is 46.8 Å². The van der Waals surface area contributed by atoms with Gasteiger partial charge in [-0.2, -0.15) is 4.31 Å². The number of nitrogens with zero attached hydrogens (tertiary/aromatic N) is 2. The molecular weight excluding hydrogens is 488 g/mol. The predicted molar refractivity (Wildman–Crippen MR) is 134 cm³/mol. The lowest BCUT2D eigenvalue weighted by Gasteiger charge is -2.34. The minimum Gasteiger partial charge on any atom is -0.365 e. The summed E-state index contributed by atoms with van der Waals surface area (Å²) < 4.78 is 27.7. The number of fused-ring (bicyclic) bond motifs is 1. The van der Waals surface area contributed by atoms with Gasteiger partial charge < -0.3 is 16.0 Å². The van der Waals surface area contributed by atoms with Gasteiger partial charge in [-0.15, -0.1) is 11.3 Å². The highest BCUT2D eigenvalue weighted by molar-refractivity contribution is 7.89. The fraction of sp³-hybridized carbons (Fsp3) is 0.458. The average Bonchev–Trinajstić information content (AvgIpc) is 3.15. The van der Waals surface area contributed by atoms with Crippen LogP contribution in [-0.4, -0.2) is 55.0 Å². The van der Waals surface area contributed by atoms with Crippen LogP contribution in [0.25, 0.3) is 0 Å². The molecule has 1 fully saturated rings. The number of hydrogen-bond acceptors (Lipinski definition) is 6. The molecule has 1 aromatic carbocycles. The van der Waals surface area contributed by atoms with E-state index in [1.54, 1.807) is 4.90 Å². The van der Waals surface area contributed by atoms with E-state index in [-0.39, 0.29) is 33.8 Å². The predicted octanol–water partition coefficient (Wildman–Crippen LogP) is 2.67. The summed E-state index contributed by atoms with van der Waals surface area (Å²) in [5.74, 6) is -0.590. The molecule has 9 nitrogen and oxygen atoms in total. The molecule has 3 amide bonds. The number of sulfonamides is 1. The van der Waals surface area contributed by atoms with Crippen molar-refractivity contribution >= 4 is 44.1 Å². The number of benzene rings is 1. The number of carbonyl (C=O) groups is 3. The molecule has 1 aromatic heterocycles. The molecule has 2 atom stereocenters. The fourth-order valence-corrected chi connectivity index (χ4v) is 7.87. The summed E-state index contributed by atoms with van der Waals surface area (Å²) in [6.45, 7) is 7.40. The van der Waals surface area contributed by atoms with Gasteiger partial charge in [0.2, 0.25) is 15.9 Å². The van der Waals surface area contributed by atoms with Gasteiger partial charge in [0.15, 0.2) is 0 Å². The van der Waals surface area contributed by atoms with Crippen LogP contribution in [0.3, 0.4) is 0 Å². The Morgan fingerprint density at radius 2 is 1.71 bits per heavy atom. The van der Waals surface area contributed by atoms with E-state index in [9.17, 15) is 22.8 Å². The van der Waals surface area contributed by atoms with Gasteiger partial charge in [-0.1, -0.05) is 13.8 Å². The molecule has 35 heavy (non-hydrogen) atoms. The summed E-state index contributed by atoms with van der Waals surface area (Å²) in [4.78, 5) is 39.5. The molecule has 0 spiro atoms. The number of carbonyl (C=O) groups excluding carboxylic acids is 3. The van der Waals surface area contributed by atoms with E-state index in [0.717, 1.165) is 16.9 Å². The van der Waals surface area contributed by atoms with Crippen molar-refractivity contribution in [1.82, 2.24) is 9.21 Å². The Morgan fingerprint density at radius 1 is 1.09 bits per heavy atom. The zero-order valence-electron chi connectivity index (χ0n) is 20.0. The Balaban J connectivity index is 1.53. The van der Waals surface area contributed by atoms with Gasteiger partial charge in [-0.05, 0) is 54.5 Å². The maximum atomic E-state index is 13.1. The highest BCUT2D eigenvalue weighted by Gasteiger charge is 2.32. The van der Waals surface area contributed by atoms with Crippen molar-refractivity contribution < 1.29 is 22.8 Å². The molecule has 0 aliphatic carbocycles. The fourth-order valence-electron chi connectivity index (χ4n) is 4.93. The van der Waals surface area contributed by atoms with Crippen LogP contribution >= 0.6 is 11.3 Å². The van der Waals surface area contributed by atoms with Crippen molar-refractivity contribution in [3.63, 3.8) is 0 Å². The Bertz CT molecular complexity index is 1260. The summed E-state index contributed by atoms with van der Waals surface area (Å²) in [6.07, 6.45) is 1.48. The van der Waals surface area contributed by atoms with Crippen LogP contribution in [0, 0.1) is 11.8 Å². The molecule has 0 bridgehead atoms. The van der Waals surface area contributed by atoms with Crippen LogP contribution in [0.4, 0.5) is 5.00 Å². The zero-order valence-corrected chi connectivity index (χ0v) is 21.7. The van der Waals surface area contributed by atoms with E-state index < -0.39 is 21.8 Å². The molecule has 0 saturated carbocycles. The largest absolute Gasteiger partial charge is 0.365 e. The van der Waals surface area contributed by atoms with Crippen LogP contribution in [0.2, 0.25) is 0 Å². The quantitative estimate of drug-likeness (QED) is 0.629. The first-order valence-electron chi connectivity index (χ1n) is 11.6. The second kappa shape index (κ2) is 9.71. The minimum absolute atomic E-state index is 0.0567. The summed E-state index contributed by atoms with van der Waals surface area (Å²) >= 11 is 1.23. The number of amides is 3. The second-order valence-corrected chi connectivity index (χ2v) is 12.6. The highest BCUT2D eigenvalue weighted by atomic mass is 32.2. The lowest BCUT2D eigenvalue weighted by molar-refractivity contribution is -0.129. The van der Waals surface area contributed by atoms with E-state index in [1.807, 2.05) is 13.8 Å². The van der Waals surface area contributed by atoms with Crippen molar-refractivity contribution in [1.29, 1.82) is 0 Å². The number of anilines is 1. The molecule has 1 saturated heterocycles. The van der Waals surface area contributed by atoms with Crippen molar-refractivity contribution in [3.8, 4) is 0 Å². The van der Waals surface area contributed by atoms with Gasteiger partial charge >= 0.3 is 0 Å². The summed E-state index contributed by atoms with van der Waals surface area (Å²) in [6, 6.07) is 5.81. The van der Waals surface area contributed by atoms with Gasteiger partial charge in [0.1, 0.15) is 5.00 Å². The van der Waals surface area contributed by atoms with Crippen LogP contribution in [0.5, 0.6) is 0 Å². The van der Waals surface area contributed by atoms with E-state index >= 15 is 0 Å². The topological polar surface area (TPSA) is 130 Å². The average molecular weight is 519 g/mol.